The number of likely N-dealkylation sites (N-methyl/N-ethyl adjacent to an activating group) is 1. The van der Waals surface area contributed by atoms with Crippen LogP contribution in [-0.4, -0.2) is 40.6 Å². The van der Waals surface area contributed by atoms with Crippen molar-refractivity contribution in [3.63, 3.8) is 0 Å². The van der Waals surface area contributed by atoms with Gasteiger partial charge >= 0.3 is 0 Å². The molecule has 9 nitrogen and oxygen atoms in total. The Balaban J connectivity index is 1.78. The third-order valence-electron chi connectivity index (χ3n) is 4.94. The lowest BCUT2D eigenvalue weighted by atomic mass is 10.1. The first-order valence-corrected chi connectivity index (χ1v) is 12.0. The van der Waals surface area contributed by atoms with Crippen LogP contribution < -0.4 is 10.6 Å². The minimum Gasteiger partial charge on any atom is -0.330 e. The van der Waals surface area contributed by atoms with Crippen molar-refractivity contribution in [3.05, 3.63) is 87.4 Å². The van der Waals surface area contributed by atoms with Gasteiger partial charge in [-0.15, -0.1) is 0 Å². The van der Waals surface area contributed by atoms with E-state index in [9.17, 15) is 24.5 Å². The highest BCUT2D eigenvalue weighted by Gasteiger charge is 2.23. The third kappa shape index (κ3) is 7.30. The normalized spacial score (nSPS) is 10.4. The first kappa shape index (κ1) is 26.7. The number of nitro benzene ring substituents is 1. The summed E-state index contributed by atoms with van der Waals surface area (Å²) in [5, 5.41) is 17.3. The summed E-state index contributed by atoms with van der Waals surface area (Å²) in [5.74, 6) is -1.15. The summed E-state index contributed by atoms with van der Waals surface area (Å²) in [6, 6.07) is 17.6. The van der Waals surface area contributed by atoms with Gasteiger partial charge in [-0.2, -0.15) is 0 Å². The van der Waals surface area contributed by atoms with Gasteiger partial charge in [-0.3, -0.25) is 24.5 Å². The van der Waals surface area contributed by atoms with Gasteiger partial charge < -0.3 is 15.5 Å². The smallest absolute Gasteiger partial charge is 0.270 e. The number of carbonyl (C=O) groups is 3. The second-order valence-corrected chi connectivity index (χ2v) is 9.17. The van der Waals surface area contributed by atoms with Gasteiger partial charge in [-0.05, 0) is 61.5 Å². The van der Waals surface area contributed by atoms with Crippen molar-refractivity contribution in [2.24, 2.45) is 0 Å². The Morgan fingerprint density at radius 2 is 1.58 bits per heavy atom. The molecule has 0 aromatic heterocycles. The molecule has 0 atom stereocenters. The molecule has 3 amide bonds. The second kappa shape index (κ2) is 12.2. The summed E-state index contributed by atoms with van der Waals surface area (Å²) in [6.45, 7) is 3.07. The van der Waals surface area contributed by atoms with Crippen LogP contribution in [0.2, 0.25) is 5.02 Å². The molecule has 0 saturated carbocycles. The molecule has 0 aliphatic carbocycles. The zero-order valence-corrected chi connectivity index (χ0v) is 21.1. The van der Waals surface area contributed by atoms with Crippen LogP contribution in [-0.2, 0) is 9.59 Å². The van der Waals surface area contributed by atoms with Gasteiger partial charge in [-0.1, -0.05) is 23.4 Å². The quantitative estimate of drug-likeness (QED) is 0.282. The number of non-ortho nitro benzene ring substituents is 1. The number of anilines is 2. The molecule has 186 valence electrons. The number of hydrogen-bond donors (Lipinski definition) is 2. The molecular weight excluding hydrogens is 504 g/mol. The third-order valence-corrected chi connectivity index (χ3v) is 6.27. The van der Waals surface area contributed by atoms with Gasteiger partial charge in [-0.25, -0.2) is 0 Å². The van der Waals surface area contributed by atoms with Crippen molar-refractivity contribution in [2.45, 2.75) is 23.6 Å². The Kier molecular flexibility index (Phi) is 9.04. The Morgan fingerprint density at radius 1 is 0.972 bits per heavy atom. The number of halogens is 1. The Labute approximate surface area is 217 Å². The van der Waals surface area contributed by atoms with Crippen LogP contribution in [0.5, 0.6) is 0 Å². The molecule has 0 aliphatic heterocycles. The van der Waals surface area contributed by atoms with Gasteiger partial charge in [0.05, 0.1) is 10.5 Å². The highest BCUT2D eigenvalue weighted by atomic mass is 35.5. The Bertz CT molecular complexity index is 1280. The average molecular weight is 527 g/mol. The molecular formula is C25H23ClN4O5S. The molecule has 0 spiro atoms. The van der Waals surface area contributed by atoms with Gasteiger partial charge in [0.25, 0.3) is 11.6 Å². The number of benzene rings is 3. The fourth-order valence-corrected chi connectivity index (χ4v) is 4.27. The summed E-state index contributed by atoms with van der Waals surface area (Å²) >= 11 is 7.21. The number of amides is 3. The highest BCUT2D eigenvalue weighted by molar-refractivity contribution is 7.99. The Hall–Kier alpha value is -3.89. The van der Waals surface area contributed by atoms with Crippen LogP contribution in [0.15, 0.2) is 76.5 Å². The second-order valence-electron chi connectivity index (χ2n) is 7.62. The van der Waals surface area contributed by atoms with E-state index >= 15 is 0 Å². The molecule has 3 aromatic carbocycles. The molecule has 11 heteroatoms. The zero-order valence-electron chi connectivity index (χ0n) is 19.5. The van der Waals surface area contributed by atoms with E-state index in [1.54, 1.807) is 55.5 Å². The fraction of sp³-hybridized carbons (Fsp3) is 0.160. The standard InChI is InChI=1S/C25H23ClN4O5S/c1-3-29(15-24(32)28-19-8-6-18(7-9-19)27-16(2)31)25(33)22-14-20(30(34)35)10-13-23(22)36-21-11-4-17(26)5-12-21/h4-14H,3,15H2,1-2H3,(H,27,31)(H,28,32). The van der Waals surface area contributed by atoms with E-state index in [0.29, 0.717) is 21.3 Å². The predicted octanol–water partition coefficient (Wildman–Crippen LogP) is 5.46. The molecule has 3 rings (SSSR count). The van der Waals surface area contributed by atoms with Crippen LogP contribution >= 0.6 is 23.4 Å². The van der Waals surface area contributed by atoms with Crippen LogP contribution in [0.1, 0.15) is 24.2 Å². The van der Waals surface area contributed by atoms with Gasteiger partial charge in [0.15, 0.2) is 0 Å². The number of rotatable bonds is 9. The Morgan fingerprint density at radius 3 is 2.14 bits per heavy atom. The van der Waals surface area contributed by atoms with E-state index in [4.69, 9.17) is 11.6 Å². The number of carbonyl (C=O) groups excluding carboxylic acids is 3. The first-order chi connectivity index (χ1) is 17.2. The maximum Gasteiger partial charge on any atom is 0.270 e. The molecule has 0 radical (unpaired) electrons. The van der Waals surface area contributed by atoms with Crippen molar-refractivity contribution < 1.29 is 19.3 Å². The lowest BCUT2D eigenvalue weighted by Gasteiger charge is -2.22. The lowest BCUT2D eigenvalue weighted by molar-refractivity contribution is -0.384. The van der Waals surface area contributed by atoms with Crippen LogP contribution in [0.3, 0.4) is 0 Å². The molecule has 2 N–H and O–H groups in total. The van der Waals surface area contributed by atoms with Crippen molar-refractivity contribution >= 4 is 58.1 Å². The van der Waals surface area contributed by atoms with E-state index in [-0.39, 0.29) is 30.2 Å². The summed E-state index contributed by atoms with van der Waals surface area (Å²) < 4.78 is 0. The minimum atomic E-state index is -0.568. The summed E-state index contributed by atoms with van der Waals surface area (Å²) in [7, 11) is 0. The fourth-order valence-electron chi connectivity index (χ4n) is 3.23. The molecule has 0 aliphatic rings. The lowest BCUT2D eigenvalue weighted by Crippen LogP contribution is -2.38. The van der Waals surface area contributed by atoms with Gasteiger partial charge in [0.2, 0.25) is 11.8 Å². The molecule has 0 bridgehead atoms. The van der Waals surface area contributed by atoms with Gasteiger partial charge in [0.1, 0.15) is 6.54 Å². The maximum absolute atomic E-state index is 13.4. The van der Waals surface area contributed by atoms with Crippen molar-refractivity contribution in [1.82, 2.24) is 4.90 Å². The van der Waals surface area contributed by atoms with Crippen LogP contribution in [0.4, 0.5) is 17.1 Å². The van der Waals surface area contributed by atoms with Crippen LogP contribution in [0, 0.1) is 10.1 Å². The first-order valence-electron chi connectivity index (χ1n) is 10.8. The van der Waals surface area contributed by atoms with Crippen LogP contribution in [0.25, 0.3) is 0 Å². The summed E-state index contributed by atoms with van der Waals surface area (Å²) in [5.41, 5.74) is 0.978. The number of nitrogens with zero attached hydrogens (tertiary/aromatic N) is 2. The molecule has 0 fully saturated rings. The number of hydrogen-bond acceptors (Lipinski definition) is 6. The number of nitrogens with one attached hydrogen (secondary N) is 2. The molecule has 0 unspecified atom stereocenters. The van der Waals surface area contributed by atoms with E-state index in [1.165, 1.54) is 41.8 Å². The molecule has 0 heterocycles. The van der Waals surface area contributed by atoms with Crippen molar-refractivity contribution in [3.8, 4) is 0 Å². The topological polar surface area (TPSA) is 122 Å². The van der Waals surface area contributed by atoms with E-state index in [1.807, 2.05) is 0 Å². The van der Waals surface area contributed by atoms with Gasteiger partial charge in [0, 0.05) is 51.8 Å². The summed E-state index contributed by atoms with van der Waals surface area (Å²) in [4.78, 5) is 50.6. The van der Waals surface area contributed by atoms with E-state index in [2.05, 4.69) is 10.6 Å². The van der Waals surface area contributed by atoms with E-state index in [0.717, 1.165) is 4.90 Å². The zero-order chi connectivity index (χ0) is 26.2. The monoisotopic (exact) mass is 526 g/mol. The largest absolute Gasteiger partial charge is 0.330 e. The molecule has 3 aromatic rings. The number of nitro groups is 1. The summed E-state index contributed by atoms with van der Waals surface area (Å²) in [6.07, 6.45) is 0. The minimum absolute atomic E-state index is 0.124. The maximum atomic E-state index is 13.4. The van der Waals surface area contributed by atoms with Crippen molar-refractivity contribution in [2.75, 3.05) is 23.7 Å². The SMILES string of the molecule is CCN(CC(=O)Nc1ccc(NC(C)=O)cc1)C(=O)c1cc([N+](=O)[O-])ccc1Sc1ccc(Cl)cc1. The highest BCUT2D eigenvalue weighted by Crippen LogP contribution is 2.34. The van der Waals surface area contributed by atoms with E-state index < -0.39 is 16.7 Å². The molecule has 36 heavy (non-hydrogen) atoms. The molecule has 0 saturated heterocycles. The predicted molar refractivity (Wildman–Crippen MR) is 140 cm³/mol. The van der Waals surface area contributed by atoms with Crippen molar-refractivity contribution in [1.29, 1.82) is 0 Å². The average Bonchev–Trinajstić information content (AvgIpc) is 2.84.